The first-order chi connectivity index (χ1) is 5.27. The van der Waals surface area contributed by atoms with Gasteiger partial charge in [0.25, 0.3) is 0 Å². The summed E-state index contributed by atoms with van der Waals surface area (Å²) >= 11 is 0. The molecule has 2 heterocycles. The van der Waals surface area contributed by atoms with Crippen LogP contribution in [0.3, 0.4) is 0 Å². The van der Waals surface area contributed by atoms with Gasteiger partial charge in [-0.1, -0.05) is 0 Å². The summed E-state index contributed by atoms with van der Waals surface area (Å²) in [6.07, 6.45) is 2.13. The van der Waals surface area contributed by atoms with Gasteiger partial charge >= 0.3 is 0 Å². The zero-order valence-corrected chi connectivity index (χ0v) is 6.32. The van der Waals surface area contributed by atoms with Crippen LogP contribution in [0, 0.1) is 0 Å². The van der Waals surface area contributed by atoms with Crippen molar-refractivity contribution in [1.29, 1.82) is 0 Å². The van der Waals surface area contributed by atoms with Crippen molar-refractivity contribution in [2.75, 3.05) is 0 Å². The van der Waals surface area contributed by atoms with Crippen LogP contribution in [0.1, 0.15) is 25.7 Å². The smallest absolute Gasteiger partial charge is 0.161 e. The van der Waals surface area contributed by atoms with Gasteiger partial charge in [-0.05, 0) is 19.3 Å². The van der Waals surface area contributed by atoms with Gasteiger partial charge in [0.2, 0.25) is 0 Å². The second kappa shape index (κ2) is 2.57. The third kappa shape index (κ3) is 1.19. The second-order valence-corrected chi connectivity index (χ2v) is 3.31. The fraction of sp³-hybridized carbons (Fsp3) is 0.875. The van der Waals surface area contributed by atoms with E-state index in [0.29, 0.717) is 19.3 Å². The monoisotopic (exact) mass is 156 g/mol. The van der Waals surface area contributed by atoms with E-state index < -0.39 is 0 Å². The number of ketones is 1. The molecule has 0 spiro atoms. The summed E-state index contributed by atoms with van der Waals surface area (Å²) in [7, 11) is 0. The normalized spacial score (nSPS) is 44.1. The number of fused-ring (bicyclic) bond motifs is 2. The first-order valence-corrected chi connectivity index (χ1v) is 4.13. The highest BCUT2D eigenvalue weighted by molar-refractivity contribution is 5.83. The molecule has 3 nitrogen and oxygen atoms in total. The Hall–Kier alpha value is -0.410. The van der Waals surface area contributed by atoms with Crippen molar-refractivity contribution in [3.63, 3.8) is 0 Å². The predicted molar refractivity (Wildman–Crippen MR) is 38.1 cm³/mol. The Balaban J connectivity index is 2.08. The van der Waals surface area contributed by atoms with Gasteiger partial charge < -0.3 is 9.84 Å². The molecule has 0 aromatic carbocycles. The molecule has 2 rings (SSSR count). The number of carbonyl (C=O) groups excluding carboxylic acids is 1. The molecule has 3 heteroatoms. The second-order valence-electron chi connectivity index (χ2n) is 3.31. The van der Waals surface area contributed by atoms with Crippen LogP contribution in [0.2, 0.25) is 0 Å². The first-order valence-electron chi connectivity index (χ1n) is 4.13. The van der Waals surface area contributed by atoms with Crippen LogP contribution in [0.5, 0.6) is 0 Å². The van der Waals surface area contributed by atoms with E-state index in [2.05, 4.69) is 0 Å². The van der Waals surface area contributed by atoms with Gasteiger partial charge in [-0.15, -0.1) is 0 Å². The van der Waals surface area contributed by atoms with Crippen molar-refractivity contribution in [2.24, 2.45) is 0 Å². The van der Waals surface area contributed by atoms with Crippen molar-refractivity contribution in [2.45, 2.75) is 44.0 Å². The lowest BCUT2D eigenvalue weighted by Crippen LogP contribution is -2.46. The summed E-state index contributed by atoms with van der Waals surface area (Å²) < 4.78 is 5.35. The Morgan fingerprint density at radius 1 is 1.36 bits per heavy atom. The highest BCUT2D eigenvalue weighted by Gasteiger charge is 2.37. The number of carbonyl (C=O) groups is 1. The lowest BCUT2D eigenvalue weighted by molar-refractivity contribution is -0.165. The summed E-state index contributed by atoms with van der Waals surface area (Å²) in [5.41, 5.74) is 0. The maximum atomic E-state index is 11.1. The third-order valence-corrected chi connectivity index (χ3v) is 2.53. The Kier molecular flexibility index (Phi) is 1.69. The number of ether oxygens (including phenoxy) is 1. The van der Waals surface area contributed by atoms with Crippen LogP contribution in [-0.2, 0) is 9.53 Å². The molecule has 2 fully saturated rings. The molecule has 0 aromatic rings. The maximum absolute atomic E-state index is 11.1. The Labute approximate surface area is 65.4 Å². The number of rotatable bonds is 0. The fourth-order valence-electron chi connectivity index (χ4n) is 1.82. The first kappa shape index (κ1) is 7.25. The van der Waals surface area contributed by atoms with Crippen LogP contribution in [0.25, 0.3) is 0 Å². The van der Waals surface area contributed by atoms with E-state index in [9.17, 15) is 9.90 Å². The molecule has 11 heavy (non-hydrogen) atoms. The average Bonchev–Trinajstić information content (AvgIpc) is 2.02. The number of aliphatic hydroxyl groups is 1. The minimum Gasteiger partial charge on any atom is -0.390 e. The topological polar surface area (TPSA) is 46.5 Å². The van der Waals surface area contributed by atoms with E-state index in [4.69, 9.17) is 4.74 Å². The predicted octanol–water partition coefficient (Wildman–Crippen LogP) is 0.258. The summed E-state index contributed by atoms with van der Waals surface area (Å²) in [6, 6.07) is 0. The minimum atomic E-state index is -0.334. The average molecular weight is 156 g/mol. The Morgan fingerprint density at radius 3 is 3.00 bits per heavy atom. The molecule has 62 valence electrons. The summed E-state index contributed by atoms with van der Waals surface area (Å²) in [5.74, 6) is 0.216. The molecular formula is C8H12O3. The highest BCUT2D eigenvalue weighted by atomic mass is 16.5. The van der Waals surface area contributed by atoms with Crippen molar-refractivity contribution < 1.29 is 14.6 Å². The fourth-order valence-corrected chi connectivity index (χ4v) is 1.82. The van der Waals surface area contributed by atoms with Crippen molar-refractivity contribution in [3.05, 3.63) is 0 Å². The van der Waals surface area contributed by atoms with Crippen molar-refractivity contribution >= 4 is 5.78 Å². The Morgan fingerprint density at radius 2 is 2.18 bits per heavy atom. The van der Waals surface area contributed by atoms with Crippen LogP contribution < -0.4 is 0 Å². The number of hydrogen-bond acceptors (Lipinski definition) is 3. The van der Waals surface area contributed by atoms with Crippen LogP contribution in [-0.4, -0.2) is 29.2 Å². The maximum Gasteiger partial charge on any atom is 0.161 e. The van der Waals surface area contributed by atoms with E-state index in [1.807, 2.05) is 0 Å². The molecule has 2 saturated heterocycles. The largest absolute Gasteiger partial charge is 0.390 e. The SMILES string of the molecule is O=C1CC[C@@H]2O[C@H]1CCC2O. The van der Waals surface area contributed by atoms with Crippen LogP contribution in [0.15, 0.2) is 0 Å². The van der Waals surface area contributed by atoms with Gasteiger partial charge in [0.1, 0.15) is 6.10 Å². The summed E-state index contributed by atoms with van der Waals surface area (Å²) in [6.45, 7) is 0. The van der Waals surface area contributed by atoms with Gasteiger partial charge in [-0.25, -0.2) is 0 Å². The molecule has 0 saturated carbocycles. The van der Waals surface area contributed by atoms with Crippen molar-refractivity contribution in [3.8, 4) is 0 Å². The van der Waals surface area contributed by atoms with Crippen LogP contribution in [0.4, 0.5) is 0 Å². The lowest BCUT2D eigenvalue weighted by Gasteiger charge is -2.36. The zero-order valence-electron chi connectivity index (χ0n) is 6.32. The zero-order chi connectivity index (χ0) is 7.84. The van der Waals surface area contributed by atoms with E-state index >= 15 is 0 Å². The molecular weight excluding hydrogens is 144 g/mol. The van der Waals surface area contributed by atoms with E-state index in [1.165, 1.54) is 0 Å². The summed E-state index contributed by atoms with van der Waals surface area (Å²) in [5, 5.41) is 9.37. The summed E-state index contributed by atoms with van der Waals surface area (Å²) in [4.78, 5) is 11.1. The van der Waals surface area contributed by atoms with Gasteiger partial charge in [0, 0.05) is 6.42 Å². The minimum absolute atomic E-state index is 0.0635. The molecule has 1 N–H and O–H groups in total. The molecule has 3 atom stereocenters. The molecule has 0 amide bonds. The van der Waals surface area contributed by atoms with Gasteiger partial charge in [-0.3, -0.25) is 4.79 Å². The van der Waals surface area contributed by atoms with E-state index in [0.717, 1.165) is 6.42 Å². The number of aliphatic hydroxyl groups excluding tert-OH is 1. The van der Waals surface area contributed by atoms with E-state index in [-0.39, 0.29) is 24.1 Å². The van der Waals surface area contributed by atoms with Crippen molar-refractivity contribution in [1.82, 2.24) is 0 Å². The van der Waals surface area contributed by atoms with Gasteiger partial charge in [0.05, 0.1) is 12.2 Å². The molecule has 2 bridgehead atoms. The van der Waals surface area contributed by atoms with Crippen LogP contribution >= 0.6 is 0 Å². The molecule has 0 aromatic heterocycles. The molecule has 0 radical (unpaired) electrons. The standard InChI is InChI=1S/C8H12O3/c9-5-1-3-7-6(10)2-4-8(5)11-7/h5,7-9H,1-4H2/t5?,7-,8-/m0/s1. The molecule has 1 unspecified atom stereocenters. The third-order valence-electron chi connectivity index (χ3n) is 2.53. The quantitative estimate of drug-likeness (QED) is 0.547. The number of Topliss-reactive ketones (excluding diaryl/α,β-unsaturated/α-hetero) is 1. The van der Waals surface area contributed by atoms with Gasteiger partial charge in [0.15, 0.2) is 5.78 Å². The molecule has 0 aliphatic carbocycles. The lowest BCUT2D eigenvalue weighted by atomic mass is 9.89. The Bertz CT molecular complexity index is 178. The molecule has 2 aliphatic heterocycles. The number of hydrogen-bond donors (Lipinski definition) is 1. The molecule has 2 aliphatic rings. The van der Waals surface area contributed by atoms with E-state index in [1.54, 1.807) is 0 Å². The highest BCUT2D eigenvalue weighted by Crippen LogP contribution is 2.28. The van der Waals surface area contributed by atoms with Gasteiger partial charge in [-0.2, -0.15) is 0 Å².